The standard InChI is InChI=1S/C36H46N6O5/c1-25(2)17-20-42-27-15-16-30-29(21-27)34(38-40(30)4)36(46)39(3)22-32(43)37-18-10-19-41(23-33(42)44)35(45)28-13-8-9-14-31(28)47-24-26-11-6-5-7-12-26/h5-9,11-14,25,27H,10,15-24H2,1-4H3,(H,37,43). The first-order chi connectivity index (χ1) is 22.6. The molecule has 0 radical (unpaired) electrons. The van der Waals surface area contributed by atoms with Gasteiger partial charge in [0, 0.05) is 51.0 Å². The Hall–Kier alpha value is -4.67. The van der Waals surface area contributed by atoms with Gasteiger partial charge in [-0.3, -0.25) is 23.9 Å². The second kappa shape index (κ2) is 15.3. The first-order valence-electron chi connectivity index (χ1n) is 16.5. The van der Waals surface area contributed by atoms with Gasteiger partial charge in [-0.05, 0) is 55.7 Å². The molecule has 0 fully saturated rings. The van der Waals surface area contributed by atoms with Crippen LogP contribution >= 0.6 is 0 Å². The van der Waals surface area contributed by atoms with Crippen molar-refractivity contribution in [2.75, 3.05) is 39.8 Å². The summed E-state index contributed by atoms with van der Waals surface area (Å²) in [6, 6.07) is 16.7. The van der Waals surface area contributed by atoms with Crippen molar-refractivity contribution in [3.63, 3.8) is 0 Å². The smallest absolute Gasteiger partial charge is 0.274 e. The molecule has 2 heterocycles. The van der Waals surface area contributed by atoms with Crippen molar-refractivity contribution in [3.05, 3.63) is 82.7 Å². The molecule has 11 nitrogen and oxygen atoms in total. The highest BCUT2D eigenvalue weighted by molar-refractivity contribution is 5.99. The number of hydrogen-bond donors (Lipinski definition) is 1. The summed E-state index contributed by atoms with van der Waals surface area (Å²) in [4.78, 5) is 59.6. The summed E-state index contributed by atoms with van der Waals surface area (Å²) in [6.45, 7) is 5.43. The number of aromatic nitrogens is 2. The van der Waals surface area contributed by atoms with Crippen molar-refractivity contribution in [1.29, 1.82) is 0 Å². The Balaban J connectivity index is 1.45. The Morgan fingerprint density at radius 3 is 2.53 bits per heavy atom. The van der Waals surface area contributed by atoms with Crippen LogP contribution in [-0.4, -0.2) is 93.9 Å². The van der Waals surface area contributed by atoms with Crippen LogP contribution in [0.2, 0.25) is 0 Å². The lowest BCUT2D eigenvalue weighted by Gasteiger charge is -2.37. The van der Waals surface area contributed by atoms with Gasteiger partial charge in [0.05, 0.1) is 12.1 Å². The van der Waals surface area contributed by atoms with Crippen molar-refractivity contribution in [2.45, 2.75) is 58.6 Å². The van der Waals surface area contributed by atoms with Gasteiger partial charge < -0.3 is 24.8 Å². The van der Waals surface area contributed by atoms with E-state index >= 15 is 0 Å². The maximum absolute atomic E-state index is 14.3. The number of benzene rings is 2. The van der Waals surface area contributed by atoms with Crippen molar-refractivity contribution < 1.29 is 23.9 Å². The first kappa shape index (κ1) is 33.7. The van der Waals surface area contributed by atoms with E-state index in [1.807, 2.05) is 48.3 Å². The largest absolute Gasteiger partial charge is 0.488 e. The molecule has 1 aliphatic carbocycles. The number of para-hydroxylation sites is 1. The van der Waals surface area contributed by atoms with Crippen LogP contribution < -0.4 is 10.1 Å². The molecule has 1 N–H and O–H groups in total. The fraction of sp³-hybridized carbons (Fsp3) is 0.472. The van der Waals surface area contributed by atoms with Crippen LogP contribution in [0.3, 0.4) is 0 Å². The molecule has 2 aromatic carbocycles. The molecule has 1 aliphatic heterocycles. The molecule has 1 aromatic heterocycles. The molecule has 0 spiro atoms. The average Bonchev–Trinajstić information content (AvgIpc) is 3.39. The number of amides is 4. The highest BCUT2D eigenvalue weighted by atomic mass is 16.5. The third-order valence-corrected chi connectivity index (χ3v) is 8.96. The van der Waals surface area contributed by atoms with Gasteiger partial charge in [0.15, 0.2) is 5.69 Å². The number of carbonyl (C=O) groups is 4. The molecule has 11 heteroatoms. The van der Waals surface area contributed by atoms with E-state index in [1.165, 1.54) is 4.90 Å². The Morgan fingerprint density at radius 1 is 1.02 bits per heavy atom. The summed E-state index contributed by atoms with van der Waals surface area (Å²) in [5.41, 5.74) is 3.49. The quantitative estimate of drug-likeness (QED) is 0.422. The Bertz CT molecular complexity index is 1590. The molecule has 0 saturated carbocycles. The first-order valence-corrected chi connectivity index (χ1v) is 16.5. The minimum absolute atomic E-state index is 0.108. The molecular formula is C36H46N6O5. The number of carbonyl (C=O) groups excluding carboxylic acids is 4. The summed E-state index contributed by atoms with van der Waals surface area (Å²) < 4.78 is 7.86. The van der Waals surface area contributed by atoms with Crippen LogP contribution in [0.15, 0.2) is 54.6 Å². The highest BCUT2D eigenvalue weighted by Crippen LogP contribution is 2.29. The lowest BCUT2D eigenvalue weighted by molar-refractivity contribution is -0.134. The van der Waals surface area contributed by atoms with E-state index in [4.69, 9.17) is 4.74 Å². The van der Waals surface area contributed by atoms with E-state index in [9.17, 15) is 19.2 Å². The zero-order valence-corrected chi connectivity index (χ0v) is 27.9. The Kier molecular flexibility index (Phi) is 11.0. The van der Waals surface area contributed by atoms with Gasteiger partial charge in [-0.15, -0.1) is 0 Å². The van der Waals surface area contributed by atoms with Crippen molar-refractivity contribution >= 4 is 23.6 Å². The molecule has 47 heavy (non-hydrogen) atoms. The lowest BCUT2D eigenvalue weighted by Crippen LogP contribution is -2.50. The Labute approximate surface area is 276 Å². The molecular weight excluding hydrogens is 596 g/mol. The van der Waals surface area contributed by atoms with Crippen LogP contribution in [-0.2, 0) is 36.1 Å². The summed E-state index contributed by atoms with van der Waals surface area (Å²) in [5, 5.41) is 7.42. The van der Waals surface area contributed by atoms with E-state index in [1.54, 1.807) is 34.8 Å². The maximum Gasteiger partial charge on any atom is 0.274 e. The average molecular weight is 643 g/mol. The summed E-state index contributed by atoms with van der Waals surface area (Å²) in [6.07, 6.45) is 3.12. The van der Waals surface area contributed by atoms with Crippen LogP contribution in [0.5, 0.6) is 5.75 Å². The second-order valence-corrected chi connectivity index (χ2v) is 12.9. The van der Waals surface area contributed by atoms with Gasteiger partial charge in [-0.25, -0.2) is 0 Å². The number of rotatable bonds is 7. The van der Waals surface area contributed by atoms with Gasteiger partial charge in [-0.1, -0.05) is 56.3 Å². The lowest BCUT2D eigenvalue weighted by atomic mass is 9.89. The number of nitrogens with zero attached hydrogens (tertiary/aromatic N) is 5. The van der Waals surface area contributed by atoms with E-state index in [2.05, 4.69) is 24.3 Å². The second-order valence-electron chi connectivity index (χ2n) is 12.9. The van der Waals surface area contributed by atoms with Crippen LogP contribution in [0.1, 0.15) is 70.8 Å². The third-order valence-electron chi connectivity index (χ3n) is 8.96. The van der Waals surface area contributed by atoms with E-state index < -0.39 is 0 Å². The van der Waals surface area contributed by atoms with Crippen LogP contribution in [0, 0.1) is 5.92 Å². The minimum atomic E-state index is -0.310. The van der Waals surface area contributed by atoms with E-state index in [-0.39, 0.29) is 55.8 Å². The fourth-order valence-corrected chi connectivity index (χ4v) is 6.32. The highest BCUT2D eigenvalue weighted by Gasteiger charge is 2.35. The third kappa shape index (κ3) is 8.19. The number of nitrogens with one attached hydrogen (secondary N) is 1. The number of fused-ring (bicyclic) bond motifs is 1. The predicted octanol–water partition coefficient (Wildman–Crippen LogP) is 3.47. The van der Waals surface area contributed by atoms with Crippen molar-refractivity contribution in [2.24, 2.45) is 13.0 Å². The van der Waals surface area contributed by atoms with Gasteiger partial charge in [0.2, 0.25) is 11.8 Å². The molecule has 2 bridgehead atoms. The topological polar surface area (TPSA) is 117 Å². The number of ether oxygens (including phenoxy) is 1. The zero-order chi connectivity index (χ0) is 33.5. The molecule has 250 valence electrons. The van der Waals surface area contributed by atoms with E-state index in [0.717, 1.165) is 29.7 Å². The number of hydrogen-bond acceptors (Lipinski definition) is 6. The van der Waals surface area contributed by atoms with Crippen molar-refractivity contribution in [1.82, 2.24) is 29.8 Å². The fourth-order valence-electron chi connectivity index (χ4n) is 6.32. The maximum atomic E-state index is 14.3. The van der Waals surface area contributed by atoms with Crippen LogP contribution in [0.4, 0.5) is 0 Å². The van der Waals surface area contributed by atoms with Gasteiger partial charge >= 0.3 is 0 Å². The molecule has 1 unspecified atom stereocenters. The monoisotopic (exact) mass is 642 g/mol. The molecule has 0 saturated heterocycles. The zero-order valence-electron chi connectivity index (χ0n) is 27.9. The summed E-state index contributed by atoms with van der Waals surface area (Å²) in [5.74, 6) is -0.230. The molecule has 5 rings (SSSR count). The minimum Gasteiger partial charge on any atom is -0.488 e. The molecule has 3 aromatic rings. The summed E-state index contributed by atoms with van der Waals surface area (Å²) >= 11 is 0. The number of aryl methyl sites for hydroxylation is 1. The van der Waals surface area contributed by atoms with Gasteiger partial charge in [0.25, 0.3) is 11.8 Å². The molecule has 4 amide bonds. The van der Waals surface area contributed by atoms with Gasteiger partial charge in [0.1, 0.15) is 18.9 Å². The van der Waals surface area contributed by atoms with Crippen LogP contribution in [0.25, 0.3) is 0 Å². The normalized spacial score (nSPS) is 18.0. The SMILES string of the molecule is CC(C)CCN1C(=O)CN(C(=O)c2ccccc2OCc2ccccc2)CCCNC(=O)CN(C)C(=O)c2nn(C)c3c2CC1CC3. The van der Waals surface area contributed by atoms with E-state index in [0.29, 0.717) is 55.3 Å². The number of likely N-dealkylation sites (N-methyl/N-ethyl adjacent to an activating group) is 1. The van der Waals surface area contributed by atoms with Crippen molar-refractivity contribution in [3.8, 4) is 5.75 Å². The predicted molar refractivity (Wildman–Crippen MR) is 178 cm³/mol. The molecule has 1 atom stereocenters. The summed E-state index contributed by atoms with van der Waals surface area (Å²) in [7, 11) is 3.43. The Morgan fingerprint density at radius 2 is 1.77 bits per heavy atom. The van der Waals surface area contributed by atoms with Gasteiger partial charge in [-0.2, -0.15) is 5.10 Å². The molecule has 2 aliphatic rings.